The first kappa shape index (κ1) is 22.2. The van der Waals surface area contributed by atoms with E-state index in [1.807, 2.05) is 32.9 Å². The molecule has 2 aromatic rings. The average molecular weight is 422 g/mol. The van der Waals surface area contributed by atoms with Gasteiger partial charge in [-0.15, -0.1) is 0 Å². The van der Waals surface area contributed by atoms with Crippen molar-refractivity contribution in [2.45, 2.75) is 27.2 Å². The van der Waals surface area contributed by atoms with Crippen LogP contribution in [0, 0.1) is 20.8 Å². The Morgan fingerprint density at radius 2 is 1.61 bits per heavy atom. The lowest BCUT2D eigenvalue weighted by Crippen LogP contribution is -2.32. The summed E-state index contributed by atoms with van der Waals surface area (Å²) < 4.78 is 0. The molecule has 0 unspecified atom stereocenters. The molecule has 0 saturated carbocycles. The van der Waals surface area contributed by atoms with Crippen molar-refractivity contribution in [3.63, 3.8) is 0 Å². The number of benzene rings is 2. The monoisotopic (exact) mass is 421 g/mol. The second-order valence-corrected chi connectivity index (χ2v) is 7.83. The number of hydrogen-bond acceptors (Lipinski definition) is 3. The van der Waals surface area contributed by atoms with Gasteiger partial charge in [-0.05, 0) is 57.1 Å². The van der Waals surface area contributed by atoms with E-state index in [0.717, 1.165) is 22.4 Å². The van der Waals surface area contributed by atoms with Gasteiger partial charge in [0.05, 0.1) is 17.3 Å². The summed E-state index contributed by atoms with van der Waals surface area (Å²) in [4.78, 5) is 26.3. The Balaban J connectivity index is 1.83. The van der Waals surface area contributed by atoms with E-state index in [2.05, 4.69) is 10.6 Å². The Morgan fingerprint density at radius 3 is 2.25 bits per heavy atom. The van der Waals surface area contributed by atoms with Crippen LogP contribution in [0.25, 0.3) is 0 Å². The molecule has 0 aliphatic rings. The molecule has 0 fully saturated rings. The number of rotatable bonds is 7. The smallest absolute Gasteiger partial charge is 0.238 e. The van der Waals surface area contributed by atoms with Crippen LogP contribution in [0.4, 0.5) is 11.4 Å². The number of halogens is 2. The Hall–Kier alpha value is -2.08. The maximum atomic E-state index is 12.3. The van der Waals surface area contributed by atoms with E-state index < -0.39 is 0 Å². The van der Waals surface area contributed by atoms with Gasteiger partial charge >= 0.3 is 0 Å². The molecule has 2 N–H and O–H groups in total. The highest BCUT2D eigenvalue weighted by Crippen LogP contribution is 2.25. The van der Waals surface area contributed by atoms with E-state index in [1.165, 1.54) is 0 Å². The first-order valence-corrected chi connectivity index (χ1v) is 9.72. The number of aryl methyl sites for hydroxylation is 3. The molecule has 2 aromatic carbocycles. The Bertz CT molecular complexity index is 861. The number of amides is 2. The standard InChI is InChI=1S/C21H25Cl2N3O2/c1-13-9-14(2)21(15(3)10-13)25-20(28)12-26(4)8-7-19(27)24-18-11-16(22)5-6-17(18)23/h5-6,9-11H,7-8,12H2,1-4H3,(H,24,27)(H,25,28). The van der Waals surface area contributed by atoms with Gasteiger partial charge in [0.15, 0.2) is 0 Å². The highest BCUT2D eigenvalue weighted by molar-refractivity contribution is 6.35. The molecule has 0 aromatic heterocycles. The average Bonchev–Trinajstić information content (AvgIpc) is 2.59. The highest BCUT2D eigenvalue weighted by Gasteiger charge is 2.13. The summed E-state index contributed by atoms with van der Waals surface area (Å²) in [7, 11) is 1.80. The van der Waals surface area contributed by atoms with Gasteiger partial charge in [0.25, 0.3) is 0 Å². The lowest BCUT2D eigenvalue weighted by molar-refractivity contribution is -0.119. The summed E-state index contributed by atoms with van der Waals surface area (Å²) in [5.41, 5.74) is 4.55. The van der Waals surface area contributed by atoms with Crippen LogP contribution in [0.2, 0.25) is 10.0 Å². The molecule has 0 aliphatic heterocycles. The molecule has 0 heterocycles. The van der Waals surface area contributed by atoms with Gasteiger partial charge in [-0.1, -0.05) is 40.9 Å². The van der Waals surface area contributed by atoms with Crippen molar-refractivity contribution in [1.29, 1.82) is 0 Å². The summed E-state index contributed by atoms with van der Waals surface area (Å²) in [5, 5.41) is 6.62. The molecular weight excluding hydrogens is 397 g/mol. The zero-order valence-electron chi connectivity index (χ0n) is 16.5. The van der Waals surface area contributed by atoms with Crippen molar-refractivity contribution in [3.8, 4) is 0 Å². The van der Waals surface area contributed by atoms with Crippen molar-refractivity contribution < 1.29 is 9.59 Å². The molecule has 7 heteroatoms. The molecule has 2 amide bonds. The lowest BCUT2D eigenvalue weighted by atomic mass is 10.1. The number of anilines is 2. The SMILES string of the molecule is Cc1cc(C)c(NC(=O)CN(C)CCC(=O)Nc2cc(Cl)ccc2Cl)c(C)c1. The molecule has 0 aliphatic carbocycles. The number of likely N-dealkylation sites (N-methyl/N-ethyl adjacent to an activating group) is 1. The summed E-state index contributed by atoms with van der Waals surface area (Å²) >= 11 is 12.0. The first-order valence-electron chi connectivity index (χ1n) is 8.97. The van der Waals surface area contributed by atoms with E-state index in [-0.39, 0.29) is 24.8 Å². The van der Waals surface area contributed by atoms with E-state index in [1.54, 1.807) is 30.1 Å². The van der Waals surface area contributed by atoms with E-state index in [4.69, 9.17) is 23.2 Å². The quantitative estimate of drug-likeness (QED) is 0.673. The molecule has 150 valence electrons. The summed E-state index contributed by atoms with van der Waals surface area (Å²) in [5.74, 6) is -0.308. The summed E-state index contributed by atoms with van der Waals surface area (Å²) in [6.07, 6.45) is 0.231. The molecule has 0 radical (unpaired) electrons. The minimum atomic E-state index is -0.193. The van der Waals surface area contributed by atoms with Gasteiger partial charge in [-0.3, -0.25) is 14.5 Å². The molecule has 2 rings (SSSR count). The van der Waals surface area contributed by atoms with Crippen molar-refractivity contribution in [2.24, 2.45) is 0 Å². The van der Waals surface area contributed by atoms with Crippen LogP contribution in [-0.4, -0.2) is 36.9 Å². The van der Waals surface area contributed by atoms with Crippen molar-refractivity contribution in [2.75, 3.05) is 30.8 Å². The third kappa shape index (κ3) is 6.51. The van der Waals surface area contributed by atoms with Gasteiger partial charge in [0.2, 0.25) is 11.8 Å². The number of carbonyl (C=O) groups excluding carboxylic acids is 2. The molecule has 0 saturated heterocycles. The highest BCUT2D eigenvalue weighted by atomic mass is 35.5. The van der Waals surface area contributed by atoms with Gasteiger partial charge in [-0.25, -0.2) is 0 Å². The predicted octanol–water partition coefficient (Wildman–Crippen LogP) is 4.82. The Morgan fingerprint density at radius 1 is 0.964 bits per heavy atom. The maximum Gasteiger partial charge on any atom is 0.238 e. The second kappa shape index (κ2) is 9.92. The van der Waals surface area contributed by atoms with Crippen LogP contribution in [0.15, 0.2) is 30.3 Å². The lowest BCUT2D eigenvalue weighted by Gasteiger charge is -2.18. The molecule has 0 spiro atoms. The molecule has 28 heavy (non-hydrogen) atoms. The fraction of sp³-hybridized carbons (Fsp3) is 0.333. The maximum absolute atomic E-state index is 12.3. The van der Waals surface area contributed by atoms with Crippen LogP contribution in [-0.2, 0) is 9.59 Å². The summed E-state index contributed by atoms with van der Waals surface area (Å²) in [6, 6.07) is 8.97. The minimum absolute atomic E-state index is 0.115. The second-order valence-electron chi connectivity index (χ2n) is 6.98. The van der Waals surface area contributed by atoms with Crippen molar-refractivity contribution in [3.05, 3.63) is 57.1 Å². The third-order valence-electron chi connectivity index (χ3n) is 4.28. The van der Waals surface area contributed by atoms with Crippen LogP contribution < -0.4 is 10.6 Å². The zero-order valence-corrected chi connectivity index (χ0v) is 18.0. The first-order chi connectivity index (χ1) is 13.2. The molecule has 0 atom stereocenters. The fourth-order valence-electron chi connectivity index (χ4n) is 2.98. The van der Waals surface area contributed by atoms with Crippen LogP contribution in [0.1, 0.15) is 23.1 Å². The number of nitrogens with one attached hydrogen (secondary N) is 2. The predicted molar refractivity (Wildman–Crippen MR) is 116 cm³/mol. The number of carbonyl (C=O) groups is 2. The Kier molecular flexibility index (Phi) is 7.87. The minimum Gasteiger partial charge on any atom is -0.325 e. The fourth-order valence-corrected chi connectivity index (χ4v) is 3.32. The van der Waals surface area contributed by atoms with Crippen LogP contribution in [0.3, 0.4) is 0 Å². The number of hydrogen-bond donors (Lipinski definition) is 2. The van der Waals surface area contributed by atoms with E-state index in [9.17, 15) is 9.59 Å². The van der Waals surface area contributed by atoms with Gasteiger partial charge in [0.1, 0.15) is 0 Å². The Labute approximate surface area is 176 Å². The van der Waals surface area contributed by atoms with Crippen molar-refractivity contribution >= 4 is 46.4 Å². The van der Waals surface area contributed by atoms with E-state index in [0.29, 0.717) is 22.3 Å². The molecule has 5 nitrogen and oxygen atoms in total. The van der Waals surface area contributed by atoms with Gasteiger partial charge < -0.3 is 10.6 Å². The molecule has 0 bridgehead atoms. The van der Waals surface area contributed by atoms with Gasteiger partial charge in [-0.2, -0.15) is 0 Å². The topological polar surface area (TPSA) is 61.4 Å². The van der Waals surface area contributed by atoms with Gasteiger partial charge in [0, 0.05) is 23.7 Å². The zero-order chi connectivity index (χ0) is 20.8. The van der Waals surface area contributed by atoms with Crippen molar-refractivity contribution in [1.82, 2.24) is 4.90 Å². The van der Waals surface area contributed by atoms with E-state index >= 15 is 0 Å². The normalized spacial score (nSPS) is 10.8. The number of nitrogens with zero attached hydrogens (tertiary/aromatic N) is 1. The third-order valence-corrected chi connectivity index (χ3v) is 4.84. The largest absolute Gasteiger partial charge is 0.325 e. The van der Waals surface area contributed by atoms with Crippen LogP contribution in [0.5, 0.6) is 0 Å². The van der Waals surface area contributed by atoms with Crippen LogP contribution >= 0.6 is 23.2 Å². The molecular formula is C21H25Cl2N3O2. The summed E-state index contributed by atoms with van der Waals surface area (Å²) in [6.45, 7) is 6.61.